The Balaban J connectivity index is 2.02. The van der Waals surface area contributed by atoms with Crippen molar-refractivity contribution in [3.05, 3.63) is 52.4 Å². The van der Waals surface area contributed by atoms with E-state index in [9.17, 15) is 9.59 Å². The lowest BCUT2D eigenvalue weighted by atomic mass is 9.99. The minimum Gasteiger partial charge on any atom is -0.493 e. The van der Waals surface area contributed by atoms with Crippen LogP contribution >= 0.6 is 0 Å². The molecule has 158 valence electrons. The van der Waals surface area contributed by atoms with Crippen LogP contribution in [0.3, 0.4) is 0 Å². The molecule has 1 aromatic heterocycles. The number of carbonyl (C=O) groups excluding carboxylic acids is 1. The van der Waals surface area contributed by atoms with Crippen LogP contribution in [0.2, 0.25) is 0 Å². The van der Waals surface area contributed by atoms with Gasteiger partial charge in [0.05, 0.1) is 26.4 Å². The third kappa shape index (κ3) is 4.10. The van der Waals surface area contributed by atoms with Gasteiger partial charge in [0.1, 0.15) is 11.3 Å². The second-order valence-electron chi connectivity index (χ2n) is 6.63. The second-order valence-corrected chi connectivity index (χ2v) is 6.63. The average molecular weight is 412 g/mol. The molecule has 0 spiro atoms. The van der Waals surface area contributed by atoms with Crippen LogP contribution in [0, 0.1) is 6.92 Å². The smallest absolute Gasteiger partial charge is 0.347 e. The normalized spacial score (nSPS) is 11.8. The molecule has 7 heteroatoms. The molecule has 0 N–H and O–H groups in total. The first-order valence-electron chi connectivity index (χ1n) is 9.52. The molecule has 2 aromatic carbocycles. The maximum atomic E-state index is 12.8. The highest BCUT2D eigenvalue weighted by atomic mass is 16.6. The molecule has 3 aromatic rings. The lowest BCUT2D eigenvalue weighted by Gasteiger charge is -2.14. The van der Waals surface area contributed by atoms with E-state index in [0.717, 1.165) is 10.9 Å². The molecule has 0 aliphatic rings. The van der Waals surface area contributed by atoms with Gasteiger partial charge in [-0.15, -0.1) is 0 Å². The summed E-state index contributed by atoms with van der Waals surface area (Å²) in [7, 11) is 3.09. The van der Waals surface area contributed by atoms with E-state index in [2.05, 4.69) is 0 Å². The molecule has 0 radical (unpaired) electrons. The number of hydrogen-bond acceptors (Lipinski definition) is 7. The summed E-state index contributed by atoms with van der Waals surface area (Å²) >= 11 is 0. The Labute approximate surface area is 174 Å². The summed E-state index contributed by atoms with van der Waals surface area (Å²) in [4.78, 5) is 24.6. The number of rotatable bonds is 7. The van der Waals surface area contributed by atoms with Crippen molar-refractivity contribution in [3.63, 3.8) is 0 Å². The average Bonchev–Trinajstić information content (AvgIpc) is 2.73. The first-order valence-corrected chi connectivity index (χ1v) is 9.52. The van der Waals surface area contributed by atoms with Gasteiger partial charge in [-0.25, -0.2) is 9.59 Å². The molecule has 0 aliphatic heterocycles. The van der Waals surface area contributed by atoms with Gasteiger partial charge in [-0.2, -0.15) is 0 Å². The Morgan fingerprint density at radius 2 is 1.80 bits per heavy atom. The molecule has 7 nitrogen and oxygen atoms in total. The van der Waals surface area contributed by atoms with Crippen molar-refractivity contribution >= 4 is 16.9 Å². The Kier molecular flexibility index (Phi) is 6.30. The van der Waals surface area contributed by atoms with E-state index >= 15 is 0 Å². The van der Waals surface area contributed by atoms with E-state index in [1.807, 2.05) is 6.92 Å². The molecular formula is C23H24O7. The highest BCUT2D eigenvalue weighted by Gasteiger charge is 2.18. The third-order valence-corrected chi connectivity index (χ3v) is 4.74. The predicted molar refractivity (Wildman–Crippen MR) is 112 cm³/mol. The zero-order valence-electron chi connectivity index (χ0n) is 17.6. The molecule has 1 unspecified atom stereocenters. The SMILES string of the molecule is CCOC(=O)C(C)Oc1ccc2c(C)c(-c3ccc(OC)c(OC)c3)c(=O)oc2c1. The monoisotopic (exact) mass is 412 g/mol. The zero-order valence-corrected chi connectivity index (χ0v) is 17.6. The van der Waals surface area contributed by atoms with E-state index in [1.54, 1.807) is 57.4 Å². The van der Waals surface area contributed by atoms with E-state index in [1.165, 1.54) is 7.11 Å². The van der Waals surface area contributed by atoms with Gasteiger partial charge in [-0.1, -0.05) is 6.07 Å². The number of methoxy groups -OCH3 is 2. The fraction of sp³-hybridized carbons (Fsp3) is 0.304. The minimum absolute atomic E-state index is 0.275. The van der Waals surface area contributed by atoms with Crippen LogP contribution in [0.25, 0.3) is 22.1 Å². The van der Waals surface area contributed by atoms with Crippen molar-refractivity contribution in [2.75, 3.05) is 20.8 Å². The van der Waals surface area contributed by atoms with Gasteiger partial charge in [0, 0.05) is 11.5 Å². The fourth-order valence-electron chi connectivity index (χ4n) is 3.25. The number of fused-ring (bicyclic) bond motifs is 1. The van der Waals surface area contributed by atoms with Crippen molar-refractivity contribution in [2.24, 2.45) is 0 Å². The number of ether oxygens (including phenoxy) is 4. The molecule has 1 atom stereocenters. The Morgan fingerprint density at radius 3 is 2.47 bits per heavy atom. The topological polar surface area (TPSA) is 84.2 Å². The lowest BCUT2D eigenvalue weighted by molar-refractivity contribution is -0.150. The maximum Gasteiger partial charge on any atom is 0.347 e. The molecule has 0 aliphatic carbocycles. The van der Waals surface area contributed by atoms with Crippen LogP contribution in [0.15, 0.2) is 45.6 Å². The van der Waals surface area contributed by atoms with Crippen molar-refractivity contribution in [2.45, 2.75) is 26.9 Å². The number of carbonyl (C=O) groups is 1. The summed E-state index contributed by atoms with van der Waals surface area (Å²) in [6.07, 6.45) is -0.777. The Hall–Kier alpha value is -3.48. The molecule has 0 bridgehead atoms. The number of esters is 1. The van der Waals surface area contributed by atoms with E-state index in [-0.39, 0.29) is 6.61 Å². The molecule has 3 rings (SSSR count). The quantitative estimate of drug-likeness (QED) is 0.426. The standard InChI is InChI=1S/C23H24O7/c1-6-28-22(24)14(3)29-16-8-9-17-13(2)21(23(25)30-19(17)12-16)15-7-10-18(26-4)20(11-15)27-5/h7-12,14H,6H2,1-5H3. The van der Waals surface area contributed by atoms with Crippen LogP contribution in [0.5, 0.6) is 17.2 Å². The molecular weight excluding hydrogens is 388 g/mol. The van der Waals surface area contributed by atoms with Gasteiger partial charge in [-0.3, -0.25) is 0 Å². The van der Waals surface area contributed by atoms with Gasteiger partial charge in [0.2, 0.25) is 0 Å². The predicted octanol–water partition coefficient (Wildman–Crippen LogP) is 4.12. The Bertz CT molecular complexity index is 1130. The molecule has 0 saturated carbocycles. The summed E-state index contributed by atoms with van der Waals surface area (Å²) in [5.74, 6) is 1.04. The van der Waals surface area contributed by atoms with Crippen LogP contribution < -0.4 is 19.8 Å². The highest BCUT2D eigenvalue weighted by Crippen LogP contribution is 2.34. The van der Waals surface area contributed by atoms with Gasteiger partial charge in [0.15, 0.2) is 17.6 Å². The summed E-state index contributed by atoms with van der Waals surface area (Å²) < 4.78 is 26.7. The second kappa shape index (κ2) is 8.90. The van der Waals surface area contributed by atoms with E-state index in [0.29, 0.717) is 34.0 Å². The first-order chi connectivity index (χ1) is 14.4. The van der Waals surface area contributed by atoms with Crippen molar-refractivity contribution < 1.29 is 28.2 Å². The number of hydrogen-bond donors (Lipinski definition) is 0. The van der Waals surface area contributed by atoms with Crippen LogP contribution in [-0.2, 0) is 9.53 Å². The summed E-state index contributed by atoms with van der Waals surface area (Å²) in [5, 5.41) is 0.760. The van der Waals surface area contributed by atoms with E-state index < -0.39 is 17.7 Å². The van der Waals surface area contributed by atoms with Gasteiger partial charge in [0.25, 0.3) is 0 Å². The molecule has 0 saturated heterocycles. The third-order valence-electron chi connectivity index (χ3n) is 4.74. The van der Waals surface area contributed by atoms with Gasteiger partial charge >= 0.3 is 11.6 Å². The largest absolute Gasteiger partial charge is 0.493 e. The lowest BCUT2D eigenvalue weighted by Crippen LogP contribution is -2.26. The van der Waals surface area contributed by atoms with Crippen molar-refractivity contribution in [3.8, 4) is 28.4 Å². The van der Waals surface area contributed by atoms with Crippen LogP contribution in [-0.4, -0.2) is 32.9 Å². The maximum absolute atomic E-state index is 12.8. The van der Waals surface area contributed by atoms with Crippen molar-refractivity contribution in [1.82, 2.24) is 0 Å². The highest BCUT2D eigenvalue weighted by molar-refractivity contribution is 5.88. The number of aryl methyl sites for hydroxylation is 1. The Morgan fingerprint density at radius 1 is 1.07 bits per heavy atom. The molecule has 0 fully saturated rings. The minimum atomic E-state index is -0.777. The first kappa shape index (κ1) is 21.2. The zero-order chi connectivity index (χ0) is 21.8. The summed E-state index contributed by atoms with van der Waals surface area (Å²) in [5.41, 5.74) is 1.76. The van der Waals surface area contributed by atoms with Gasteiger partial charge < -0.3 is 23.4 Å². The van der Waals surface area contributed by atoms with Crippen molar-refractivity contribution in [1.29, 1.82) is 0 Å². The van der Waals surface area contributed by atoms with Crippen LogP contribution in [0.1, 0.15) is 19.4 Å². The number of benzene rings is 2. The fourth-order valence-corrected chi connectivity index (χ4v) is 3.25. The molecule has 1 heterocycles. The van der Waals surface area contributed by atoms with E-state index in [4.69, 9.17) is 23.4 Å². The summed E-state index contributed by atoms with van der Waals surface area (Å²) in [6, 6.07) is 10.4. The summed E-state index contributed by atoms with van der Waals surface area (Å²) in [6.45, 7) is 5.46. The molecule has 30 heavy (non-hydrogen) atoms. The van der Waals surface area contributed by atoms with Gasteiger partial charge in [-0.05, 0) is 56.2 Å². The van der Waals surface area contributed by atoms with Crippen LogP contribution in [0.4, 0.5) is 0 Å². The molecule has 0 amide bonds.